The van der Waals surface area contributed by atoms with Gasteiger partial charge in [-0.1, -0.05) is 18.2 Å². The van der Waals surface area contributed by atoms with Gasteiger partial charge >= 0.3 is 0 Å². The maximum absolute atomic E-state index is 5.90. The lowest BCUT2D eigenvalue weighted by Crippen LogP contribution is -2.41. The summed E-state index contributed by atoms with van der Waals surface area (Å²) < 4.78 is 7.76. The predicted octanol–water partition coefficient (Wildman–Crippen LogP) is 1.80. The molecule has 2 heterocycles. The fourth-order valence-electron chi connectivity index (χ4n) is 2.95. The maximum atomic E-state index is 5.90. The first-order valence-corrected chi connectivity index (χ1v) is 7.11. The predicted molar refractivity (Wildman–Crippen MR) is 78.9 cm³/mol. The van der Waals surface area contributed by atoms with Gasteiger partial charge in [0.05, 0.1) is 12.8 Å². The number of hydrogen-bond acceptors (Lipinski definition) is 3. The van der Waals surface area contributed by atoms with Crippen molar-refractivity contribution in [2.75, 3.05) is 13.7 Å². The molecule has 0 saturated carbocycles. The summed E-state index contributed by atoms with van der Waals surface area (Å²) in [6.45, 7) is 0.781. The summed E-state index contributed by atoms with van der Waals surface area (Å²) in [6, 6.07) is 8.75. The lowest BCUT2D eigenvalue weighted by Gasteiger charge is -2.31. The van der Waals surface area contributed by atoms with Crippen LogP contribution < -0.4 is 10.1 Å². The van der Waals surface area contributed by atoms with Crippen molar-refractivity contribution >= 4 is 0 Å². The first-order valence-electron chi connectivity index (χ1n) is 7.11. The number of nitrogens with one attached hydrogen (secondary N) is 1. The molecule has 4 nitrogen and oxygen atoms in total. The van der Waals surface area contributed by atoms with Gasteiger partial charge < -0.3 is 10.1 Å². The van der Waals surface area contributed by atoms with Crippen molar-refractivity contribution in [2.24, 2.45) is 13.0 Å². The zero-order valence-electron chi connectivity index (χ0n) is 12.0. The minimum atomic E-state index is 0.410. The lowest BCUT2D eigenvalue weighted by molar-refractivity contribution is 0.187. The van der Waals surface area contributed by atoms with Crippen molar-refractivity contribution in [1.82, 2.24) is 15.1 Å². The van der Waals surface area contributed by atoms with E-state index < -0.39 is 0 Å². The SMILES string of the molecule is CNC(Cc1cnn(C)c1)C1COc2ccccc2C1. The summed E-state index contributed by atoms with van der Waals surface area (Å²) in [4.78, 5) is 0. The number of aryl methyl sites for hydroxylation is 1. The summed E-state index contributed by atoms with van der Waals surface area (Å²) >= 11 is 0. The number of nitrogens with zero attached hydrogens (tertiary/aromatic N) is 2. The van der Waals surface area contributed by atoms with Crippen molar-refractivity contribution < 1.29 is 4.74 Å². The molecule has 2 unspecified atom stereocenters. The van der Waals surface area contributed by atoms with E-state index in [1.54, 1.807) is 0 Å². The van der Waals surface area contributed by atoms with Gasteiger partial charge in [-0.05, 0) is 37.1 Å². The van der Waals surface area contributed by atoms with Gasteiger partial charge in [0.1, 0.15) is 5.75 Å². The van der Waals surface area contributed by atoms with Gasteiger partial charge in [-0.2, -0.15) is 5.10 Å². The number of rotatable bonds is 4. The van der Waals surface area contributed by atoms with E-state index in [0.717, 1.165) is 25.2 Å². The van der Waals surface area contributed by atoms with E-state index in [1.807, 2.05) is 31.0 Å². The van der Waals surface area contributed by atoms with Crippen molar-refractivity contribution in [2.45, 2.75) is 18.9 Å². The molecule has 20 heavy (non-hydrogen) atoms. The Morgan fingerprint density at radius 2 is 2.30 bits per heavy atom. The molecule has 0 spiro atoms. The second-order valence-electron chi connectivity index (χ2n) is 5.50. The summed E-state index contributed by atoms with van der Waals surface area (Å²) in [5.41, 5.74) is 2.58. The molecule has 2 aromatic rings. The summed E-state index contributed by atoms with van der Waals surface area (Å²) in [5.74, 6) is 1.54. The fraction of sp³-hybridized carbons (Fsp3) is 0.438. The van der Waals surface area contributed by atoms with Crippen LogP contribution in [0.25, 0.3) is 0 Å². The Bertz CT molecular complexity index is 579. The third-order valence-electron chi connectivity index (χ3n) is 4.06. The second kappa shape index (κ2) is 5.67. The van der Waals surface area contributed by atoms with E-state index in [0.29, 0.717) is 12.0 Å². The minimum absolute atomic E-state index is 0.410. The highest BCUT2D eigenvalue weighted by molar-refractivity contribution is 5.35. The molecule has 1 aromatic heterocycles. The molecule has 0 fully saturated rings. The van der Waals surface area contributed by atoms with Crippen molar-refractivity contribution in [1.29, 1.82) is 0 Å². The molecule has 4 heteroatoms. The van der Waals surface area contributed by atoms with E-state index in [9.17, 15) is 0 Å². The first kappa shape index (κ1) is 13.2. The van der Waals surface area contributed by atoms with Gasteiger partial charge in [-0.15, -0.1) is 0 Å². The average molecular weight is 271 g/mol. The van der Waals surface area contributed by atoms with Crippen LogP contribution in [0.5, 0.6) is 5.75 Å². The van der Waals surface area contributed by atoms with Gasteiger partial charge in [0.2, 0.25) is 0 Å². The number of ether oxygens (including phenoxy) is 1. The number of benzene rings is 1. The molecule has 2 atom stereocenters. The Morgan fingerprint density at radius 1 is 1.45 bits per heavy atom. The number of likely N-dealkylation sites (N-methyl/N-ethyl adjacent to an activating group) is 1. The van der Waals surface area contributed by atoms with Crippen LogP contribution in [-0.4, -0.2) is 29.5 Å². The smallest absolute Gasteiger partial charge is 0.122 e. The van der Waals surface area contributed by atoms with Gasteiger partial charge in [-0.25, -0.2) is 0 Å². The molecular formula is C16H21N3O. The van der Waals surface area contributed by atoms with Crippen LogP contribution >= 0.6 is 0 Å². The normalized spacial score (nSPS) is 19.2. The van der Waals surface area contributed by atoms with Crippen molar-refractivity contribution in [3.8, 4) is 5.75 Å². The molecule has 1 aliphatic rings. The molecule has 0 bridgehead atoms. The van der Waals surface area contributed by atoms with Gasteiger partial charge in [0.15, 0.2) is 0 Å². The van der Waals surface area contributed by atoms with Gasteiger partial charge in [0, 0.05) is 25.2 Å². The number of para-hydroxylation sites is 1. The number of aromatic nitrogens is 2. The summed E-state index contributed by atoms with van der Waals surface area (Å²) in [5, 5.41) is 7.69. The Morgan fingerprint density at radius 3 is 3.05 bits per heavy atom. The van der Waals surface area contributed by atoms with Crippen LogP contribution in [0.2, 0.25) is 0 Å². The van der Waals surface area contributed by atoms with Gasteiger partial charge in [0.25, 0.3) is 0 Å². The third kappa shape index (κ3) is 2.70. The van der Waals surface area contributed by atoms with E-state index in [-0.39, 0.29) is 0 Å². The molecule has 106 valence electrons. The molecule has 0 saturated heterocycles. The topological polar surface area (TPSA) is 39.1 Å². The van der Waals surface area contributed by atoms with Crippen LogP contribution in [0.15, 0.2) is 36.7 Å². The molecule has 0 radical (unpaired) electrons. The van der Waals surface area contributed by atoms with Crippen LogP contribution in [0, 0.1) is 5.92 Å². The van der Waals surface area contributed by atoms with Gasteiger partial charge in [-0.3, -0.25) is 4.68 Å². The highest BCUT2D eigenvalue weighted by Crippen LogP contribution is 2.29. The number of fused-ring (bicyclic) bond motifs is 1. The zero-order chi connectivity index (χ0) is 13.9. The number of hydrogen-bond donors (Lipinski definition) is 1. The molecular weight excluding hydrogens is 250 g/mol. The Hall–Kier alpha value is -1.81. The summed E-state index contributed by atoms with van der Waals surface area (Å²) in [6.07, 6.45) is 6.09. The largest absolute Gasteiger partial charge is 0.493 e. The van der Waals surface area contributed by atoms with Crippen molar-refractivity contribution in [3.63, 3.8) is 0 Å². The van der Waals surface area contributed by atoms with E-state index in [1.165, 1.54) is 11.1 Å². The Balaban J connectivity index is 1.71. The highest BCUT2D eigenvalue weighted by atomic mass is 16.5. The highest BCUT2D eigenvalue weighted by Gasteiger charge is 2.26. The molecule has 1 aliphatic heterocycles. The van der Waals surface area contributed by atoms with Crippen molar-refractivity contribution in [3.05, 3.63) is 47.8 Å². The third-order valence-corrected chi connectivity index (χ3v) is 4.06. The lowest BCUT2D eigenvalue weighted by atomic mass is 9.87. The van der Waals surface area contributed by atoms with E-state index >= 15 is 0 Å². The molecule has 3 rings (SSSR count). The Labute approximate surface area is 119 Å². The van der Waals surface area contributed by atoms with Crippen LogP contribution in [0.4, 0.5) is 0 Å². The van der Waals surface area contributed by atoms with E-state index in [4.69, 9.17) is 4.74 Å². The molecule has 1 N–H and O–H groups in total. The molecule has 1 aromatic carbocycles. The minimum Gasteiger partial charge on any atom is -0.493 e. The van der Waals surface area contributed by atoms with E-state index in [2.05, 4.69) is 34.8 Å². The monoisotopic (exact) mass is 271 g/mol. The van der Waals surface area contributed by atoms with Crippen LogP contribution in [0.3, 0.4) is 0 Å². The molecule has 0 aliphatic carbocycles. The fourth-order valence-corrected chi connectivity index (χ4v) is 2.95. The van der Waals surface area contributed by atoms with Crippen LogP contribution in [-0.2, 0) is 19.9 Å². The average Bonchev–Trinajstić information content (AvgIpc) is 2.89. The standard InChI is InChI=1S/C16H21N3O/c1-17-15(7-12-9-18-19(2)10-12)14-8-13-5-3-4-6-16(13)20-11-14/h3-6,9-10,14-15,17H,7-8,11H2,1-2H3. The first-order chi connectivity index (χ1) is 9.76. The zero-order valence-corrected chi connectivity index (χ0v) is 12.0. The summed E-state index contributed by atoms with van der Waals surface area (Å²) in [7, 11) is 3.99. The maximum Gasteiger partial charge on any atom is 0.122 e. The second-order valence-corrected chi connectivity index (χ2v) is 5.50. The molecule has 0 amide bonds. The van der Waals surface area contributed by atoms with Crippen LogP contribution in [0.1, 0.15) is 11.1 Å². The Kier molecular flexibility index (Phi) is 3.74. The quantitative estimate of drug-likeness (QED) is 0.921.